The highest BCUT2D eigenvalue weighted by Crippen LogP contribution is 2.54. The van der Waals surface area contributed by atoms with Gasteiger partial charge >= 0.3 is 0 Å². The predicted octanol–water partition coefficient (Wildman–Crippen LogP) is 17.5. The molecule has 0 saturated heterocycles. The molecule has 2 fully saturated rings. The van der Waals surface area contributed by atoms with Gasteiger partial charge in [0.15, 0.2) is 0 Å². The van der Waals surface area contributed by atoms with Crippen LogP contribution in [0.1, 0.15) is 206 Å². The molecule has 0 amide bonds. The van der Waals surface area contributed by atoms with Crippen LogP contribution in [0.5, 0.6) is 11.6 Å². The van der Waals surface area contributed by atoms with Gasteiger partial charge in [-0.15, -0.1) is 0 Å². The Bertz CT molecular complexity index is 4190. The van der Waals surface area contributed by atoms with Gasteiger partial charge in [0.2, 0.25) is 5.88 Å². The molecule has 4 aliphatic carbocycles. The number of rotatable bonds is 6. The zero-order chi connectivity index (χ0) is 60.9. The van der Waals surface area contributed by atoms with Gasteiger partial charge in [-0.25, -0.2) is 9.97 Å². The van der Waals surface area contributed by atoms with Crippen LogP contribution in [0, 0.1) is 17.8 Å². The summed E-state index contributed by atoms with van der Waals surface area (Å²) in [4.78, 5) is 20.8. The summed E-state index contributed by atoms with van der Waals surface area (Å²) in [7, 11) is 0. The number of ether oxygens (including phenoxy) is 1. The Hall–Kier alpha value is -6.57. The minimum absolute atomic E-state index is 0.0459. The molecule has 88 heavy (non-hydrogen) atoms. The van der Waals surface area contributed by atoms with E-state index in [-0.39, 0.29) is 45.9 Å². The summed E-state index contributed by atoms with van der Waals surface area (Å²) in [6.07, 6.45) is 15.7. The molecule has 4 aliphatic heterocycles. The molecule has 8 aromatic rings. The molecule has 0 radical (unpaired) electrons. The minimum atomic E-state index is -0.250. The highest BCUT2D eigenvalue weighted by molar-refractivity contribution is 7.29. The number of aromatic nitrogens is 2. The van der Waals surface area contributed by atoms with Crippen molar-refractivity contribution in [2.45, 2.75) is 206 Å². The van der Waals surface area contributed by atoms with Crippen LogP contribution in [0.15, 0.2) is 121 Å². The first-order valence-corrected chi connectivity index (χ1v) is 34.6. The summed E-state index contributed by atoms with van der Waals surface area (Å²) < 4.78 is 9.00. The van der Waals surface area contributed by atoms with Crippen molar-refractivity contribution >= 4 is 108 Å². The number of para-hydroxylation sites is 2. The van der Waals surface area contributed by atoms with Crippen LogP contribution in [0.2, 0.25) is 0 Å². The second-order valence-electron chi connectivity index (χ2n) is 33.1. The number of anilines is 9. The van der Waals surface area contributed by atoms with E-state index in [9.17, 15) is 0 Å². The van der Waals surface area contributed by atoms with Crippen LogP contribution in [0.3, 0.4) is 0 Å². The second-order valence-corrected chi connectivity index (χ2v) is 34.2. The molecule has 7 heterocycles. The van der Waals surface area contributed by atoms with Crippen LogP contribution in [-0.2, 0) is 38.9 Å². The number of benzene rings is 5. The Kier molecular flexibility index (Phi) is 12.5. The van der Waals surface area contributed by atoms with E-state index in [4.69, 9.17) is 14.7 Å². The minimum Gasteiger partial charge on any atom is -0.440 e. The standard InChI is InChI=1S/C79H89B2N5OS/c1-74(2,3)67-45-63-69-72(82-67)86(50-23-16-15-17-24-50)62-44-66-60(80-58-25-18-19-26-61(58)84(64-46-68(75(4,5)6)83-73(87-66)70(64)80)51-28-31-54-56(40-51)78(11,12)35-33-76(54,7)8)43-59(62)81(69)71-65(42-53(88-71)30-27-49-38-47-21-20-22-48(37-47)39-49)85(63)52-29-32-55-57(41-52)79(13,14)36-34-77(55,9)10/h15-19,23-26,28-29,31-32,40-49H,20-22,27,30,33-39H2,1-14H3. The van der Waals surface area contributed by atoms with Crippen molar-refractivity contribution < 1.29 is 4.74 Å². The largest absolute Gasteiger partial charge is 0.440 e. The lowest BCUT2D eigenvalue weighted by Gasteiger charge is -2.45. The third-order valence-corrected chi connectivity index (χ3v) is 24.3. The first-order valence-electron chi connectivity index (χ1n) is 33.7. The number of nitrogens with zero attached hydrogens (tertiary/aromatic N) is 5. The number of hydrogen-bond acceptors (Lipinski definition) is 7. The van der Waals surface area contributed by atoms with Crippen molar-refractivity contribution in [1.82, 2.24) is 9.97 Å². The smallest absolute Gasteiger partial charge is 0.266 e. The molecular weight excluding hydrogens is 1090 g/mol. The lowest BCUT2D eigenvalue weighted by atomic mass is 9.32. The number of pyridine rings is 2. The topological polar surface area (TPSA) is 44.7 Å². The van der Waals surface area contributed by atoms with Gasteiger partial charge in [-0.2, -0.15) is 11.3 Å². The Morgan fingerprint density at radius 3 is 1.69 bits per heavy atom. The van der Waals surface area contributed by atoms with Gasteiger partial charge in [0.1, 0.15) is 11.6 Å². The molecule has 5 aromatic carbocycles. The van der Waals surface area contributed by atoms with Crippen LogP contribution in [0.4, 0.5) is 51.3 Å². The summed E-state index contributed by atoms with van der Waals surface area (Å²) in [6.45, 7) is 33.3. The highest BCUT2D eigenvalue weighted by atomic mass is 32.1. The third kappa shape index (κ3) is 8.82. The average molecular weight is 1180 g/mol. The van der Waals surface area contributed by atoms with Crippen molar-refractivity contribution in [2.75, 3.05) is 14.7 Å². The van der Waals surface area contributed by atoms with Gasteiger partial charge in [0.05, 0.1) is 17.1 Å². The van der Waals surface area contributed by atoms with E-state index in [0.29, 0.717) is 5.88 Å². The Balaban J connectivity index is 0.935. The maximum Gasteiger partial charge on any atom is 0.266 e. The van der Waals surface area contributed by atoms with Gasteiger partial charge in [-0.1, -0.05) is 171 Å². The molecule has 2 bridgehead atoms. The lowest BCUT2D eigenvalue weighted by molar-refractivity contribution is 0.132. The second kappa shape index (κ2) is 19.5. The van der Waals surface area contributed by atoms with E-state index in [1.165, 1.54) is 146 Å². The maximum absolute atomic E-state index is 7.58. The molecule has 16 rings (SSSR count). The van der Waals surface area contributed by atoms with Crippen LogP contribution >= 0.6 is 11.3 Å². The monoisotopic (exact) mass is 1180 g/mol. The van der Waals surface area contributed by atoms with Crippen LogP contribution in [0.25, 0.3) is 0 Å². The van der Waals surface area contributed by atoms with E-state index in [2.05, 4.69) is 244 Å². The molecule has 0 spiro atoms. The fourth-order valence-electron chi connectivity index (χ4n) is 17.9. The Morgan fingerprint density at radius 2 is 1.07 bits per heavy atom. The summed E-state index contributed by atoms with van der Waals surface area (Å²) in [6, 6.07) is 47.8. The van der Waals surface area contributed by atoms with Gasteiger partial charge in [-0.05, 0) is 202 Å². The molecule has 448 valence electrons. The highest BCUT2D eigenvalue weighted by Gasteiger charge is 2.51. The van der Waals surface area contributed by atoms with E-state index in [0.717, 1.165) is 76.1 Å². The number of thiophene rings is 1. The van der Waals surface area contributed by atoms with E-state index in [1.807, 2.05) is 0 Å². The van der Waals surface area contributed by atoms with Crippen LogP contribution < -0.4 is 51.5 Å². The van der Waals surface area contributed by atoms with Crippen molar-refractivity contribution in [3.8, 4) is 11.6 Å². The quantitative estimate of drug-likeness (QED) is 0.155. The molecule has 2 atom stereocenters. The van der Waals surface area contributed by atoms with Gasteiger partial charge in [0, 0.05) is 71.8 Å². The number of aryl methyl sites for hydroxylation is 1. The van der Waals surface area contributed by atoms with E-state index >= 15 is 0 Å². The lowest BCUT2D eigenvalue weighted by Crippen LogP contribution is -2.64. The first-order chi connectivity index (χ1) is 41.8. The summed E-state index contributed by atoms with van der Waals surface area (Å²) in [5.41, 5.74) is 23.6. The maximum atomic E-state index is 7.58. The SMILES string of the molecule is CC(C)(C)c1cc2c3c(n1)Oc1cc4c(cc1B3c1ccccc1N2c1ccc2c(c1)C(C)(C)CCC2(C)C)B1c2sc(CCC3CC5CCCC(C5)C3)cc2N(c2ccc3c(c2)C(C)(C)CCC3(C)C)c2cc(C(C)(C)C)nc(c21)N4c1ccccc1. The van der Waals surface area contributed by atoms with Gasteiger partial charge < -0.3 is 14.5 Å². The zero-order valence-corrected chi connectivity index (χ0v) is 55.8. The fraction of sp³-hybridized carbons (Fsp3) is 0.443. The molecular formula is C79H89B2N5OS. The number of hydrogen-bond donors (Lipinski definition) is 0. The predicted molar refractivity (Wildman–Crippen MR) is 374 cm³/mol. The van der Waals surface area contributed by atoms with Gasteiger partial charge in [0.25, 0.3) is 13.4 Å². The summed E-state index contributed by atoms with van der Waals surface area (Å²) >= 11 is 2.09. The molecule has 0 N–H and O–H groups in total. The third-order valence-electron chi connectivity index (χ3n) is 23.1. The normalized spacial score (nSPS) is 21.8. The van der Waals surface area contributed by atoms with Crippen molar-refractivity contribution in [3.63, 3.8) is 0 Å². The van der Waals surface area contributed by atoms with Crippen molar-refractivity contribution in [2.24, 2.45) is 17.8 Å². The summed E-state index contributed by atoms with van der Waals surface area (Å²) in [5, 5.41) is 0. The molecule has 2 saturated carbocycles. The molecule has 8 aliphatic rings. The van der Waals surface area contributed by atoms with Crippen molar-refractivity contribution in [1.29, 1.82) is 0 Å². The molecule has 3 aromatic heterocycles. The summed E-state index contributed by atoms with van der Waals surface area (Å²) in [5.74, 6) is 5.21. The average Bonchev–Trinajstić information content (AvgIpc) is 0.983. The fourth-order valence-corrected chi connectivity index (χ4v) is 19.2. The van der Waals surface area contributed by atoms with Crippen LogP contribution in [-0.4, -0.2) is 23.4 Å². The molecule has 9 heteroatoms. The zero-order valence-electron chi connectivity index (χ0n) is 55.0. The Morgan fingerprint density at radius 1 is 0.500 bits per heavy atom. The Labute approximate surface area is 530 Å². The van der Waals surface area contributed by atoms with E-state index < -0.39 is 0 Å². The van der Waals surface area contributed by atoms with Gasteiger partial charge in [-0.3, -0.25) is 4.90 Å². The van der Waals surface area contributed by atoms with Crippen molar-refractivity contribution in [3.05, 3.63) is 160 Å². The number of fused-ring (bicyclic) bond motifs is 12. The first kappa shape index (κ1) is 56.6. The molecule has 2 unspecified atom stereocenters. The van der Waals surface area contributed by atoms with E-state index in [1.54, 1.807) is 0 Å². The molecule has 6 nitrogen and oxygen atoms in total.